The van der Waals surface area contributed by atoms with E-state index >= 15 is 0 Å². The Hall–Kier alpha value is -5.76. The molecule has 4 atom stereocenters. The predicted molar refractivity (Wildman–Crippen MR) is 287 cm³/mol. The lowest BCUT2D eigenvalue weighted by Crippen LogP contribution is -2.48. The number of halogens is 5. The van der Waals surface area contributed by atoms with Crippen molar-refractivity contribution in [3.63, 3.8) is 0 Å². The van der Waals surface area contributed by atoms with Crippen LogP contribution in [0, 0.1) is 17.3 Å². The summed E-state index contributed by atoms with van der Waals surface area (Å²) in [6.45, 7) is 21.1. The van der Waals surface area contributed by atoms with Gasteiger partial charge in [0.05, 0.1) is 35.8 Å². The van der Waals surface area contributed by atoms with E-state index in [9.17, 15) is 26.7 Å². The minimum atomic E-state index is -4.79. The van der Waals surface area contributed by atoms with Crippen LogP contribution in [0.5, 0.6) is 0 Å². The molecule has 0 radical (unpaired) electrons. The fourth-order valence-electron chi connectivity index (χ4n) is 9.55. The van der Waals surface area contributed by atoms with E-state index in [4.69, 9.17) is 10.5 Å². The molecule has 396 valence electrons. The zero-order chi connectivity index (χ0) is 53.6. The van der Waals surface area contributed by atoms with Gasteiger partial charge in [-0.05, 0) is 117 Å². The number of rotatable bonds is 22. The molecule has 1 aromatic carbocycles. The number of nitrogens with one attached hydrogen (secondary N) is 2. The van der Waals surface area contributed by atoms with Crippen molar-refractivity contribution < 1.29 is 32.9 Å². The second-order valence-electron chi connectivity index (χ2n) is 20.4. The molecule has 2 saturated carbocycles. The molecule has 1 unspecified atom stereocenters. The molecule has 0 saturated heterocycles. The van der Waals surface area contributed by atoms with Gasteiger partial charge in [-0.2, -0.15) is 27.1 Å². The average molecular weight is 1000 g/mol. The smallest absolute Gasteiger partial charge is 0.395 e. The molecule has 4 aliphatic rings. The maximum absolute atomic E-state index is 13.5. The molecule has 4 N–H and O–H groups in total. The van der Waals surface area contributed by atoms with Crippen molar-refractivity contribution in [3.05, 3.63) is 155 Å². The number of nitrogens with zero attached hydrogens (tertiary/aromatic N) is 4. The van der Waals surface area contributed by atoms with Crippen molar-refractivity contribution in [2.75, 3.05) is 34.4 Å². The van der Waals surface area contributed by atoms with Crippen molar-refractivity contribution >= 4 is 17.3 Å². The van der Waals surface area contributed by atoms with E-state index in [1.165, 1.54) is 64.8 Å². The summed E-state index contributed by atoms with van der Waals surface area (Å²) in [7, 11) is 5.97. The number of ether oxygens (including phenoxy) is 1. The van der Waals surface area contributed by atoms with Crippen LogP contribution >= 0.6 is 0 Å². The van der Waals surface area contributed by atoms with Crippen molar-refractivity contribution in [1.29, 1.82) is 0 Å². The summed E-state index contributed by atoms with van der Waals surface area (Å²) in [6.07, 6.45) is 19.7. The molecule has 2 aromatic rings. The first kappa shape index (κ1) is 58.8. The zero-order valence-corrected chi connectivity index (χ0v) is 44.5. The lowest BCUT2D eigenvalue weighted by atomic mass is 9.68. The van der Waals surface area contributed by atoms with Gasteiger partial charge in [0, 0.05) is 63.9 Å². The van der Waals surface area contributed by atoms with Crippen LogP contribution in [0.2, 0.25) is 0 Å². The first-order valence-electron chi connectivity index (χ1n) is 25.2. The molecule has 72 heavy (non-hydrogen) atoms. The number of carbonyl (C=O) groups excluding carboxylic acids is 1. The summed E-state index contributed by atoms with van der Waals surface area (Å²) in [5.74, 6) is 0.226. The topological polar surface area (TPSA) is 110 Å². The highest BCUT2D eigenvalue weighted by Gasteiger charge is 2.53. The highest BCUT2D eigenvalue weighted by molar-refractivity contribution is 6.25. The number of benzene rings is 1. The number of hydrogen-bond donors (Lipinski definition) is 3. The Kier molecular flexibility index (Phi) is 21.0. The van der Waals surface area contributed by atoms with E-state index < -0.39 is 29.9 Å². The summed E-state index contributed by atoms with van der Waals surface area (Å²) in [5, 5.41) is 9.18. The highest BCUT2D eigenvalue weighted by atomic mass is 19.4. The predicted octanol–water partition coefficient (Wildman–Crippen LogP) is 13.3. The molecule has 9 nitrogen and oxygen atoms in total. The second-order valence-corrected chi connectivity index (χ2v) is 20.4. The van der Waals surface area contributed by atoms with Gasteiger partial charge in [-0.15, -0.1) is 0 Å². The standard InChI is InChI=1S/C30H41F5N6O.C26H33NO.C2H6.H2/c1-7-10-21(18-37-27(31)32)16-20(3)26(42)40-28(4,5)19-38-22(17-24(36)30(33,34)35)23(11-8-2)41-25(12-15-39-41)29(6)13-9-14-29;1-6-11-26(17-28-5)15-25(26)20-9-7-19(8-10-20)12-21-13-22(16-27(3)4)18(2)23-14-24(21)23;1-2;/h7-8,10-12,15,17-18,20,27,37H,2,9,13-14,16,19,36H2,1,3-6H3,(H,40,42);7-10,13-14,16,24-25H,2,6,11-12,15,17H2,1,3-5H3;1-2H3;1H/b10-7-,21-18+,23-11-,24-17-,38-22?;22-16-;;/t20-;24?,25-,26-;;/m11../s1. The van der Waals surface area contributed by atoms with Crippen molar-refractivity contribution in [3.8, 4) is 0 Å². The number of aliphatic imine (C=N–C) groups is 1. The number of carbonyl (C=O) groups is 1. The monoisotopic (exact) mass is 1000 g/mol. The highest BCUT2D eigenvalue weighted by Crippen LogP contribution is 2.62. The Labute approximate surface area is 427 Å². The molecular formula is C58H82F5N7O2. The minimum absolute atomic E-state index is 0. The second kappa shape index (κ2) is 25.8. The molecule has 14 heteroatoms. The quantitative estimate of drug-likeness (QED) is 0.0469. The summed E-state index contributed by atoms with van der Waals surface area (Å²) < 4.78 is 72.8. The van der Waals surface area contributed by atoms with Gasteiger partial charge in [0.2, 0.25) is 5.91 Å². The van der Waals surface area contributed by atoms with Crippen LogP contribution < -0.4 is 16.4 Å². The third-order valence-corrected chi connectivity index (χ3v) is 13.5. The van der Waals surface area contributed by atoms with Crippen LogP contribution in [0.4, 0.5) is 22.0 Å². The van der Waals surface area contributed by atoms with Gasteiger partial charge < -0.3 is 26.0 Å². The normalized spacial score (nSPS) is 21.8. The lowest BCUT2D eigenvalue weighted by molar-refractivity contribution is -0.126. The Morgan fingerprint density at radius 1 is 1.15 bits per heavy atom. The van der Waals surface area contributed by atoms with Crippen LogP contribution in [-0.4, -0.2) is 78.9 Å². The van der Waals surface area contributed by atoms with Gasteiger partial charge in [-0.1, -0.05) is 121 Å². The average Bonchev–Trinajstić information content (AvgIpc) is 4.21. The number of fused-ring (bicyclic) bond motifs is 1. The Morgan fingerprint density at radius 3 is 2.39 bits per heavy atom. The Morgan fingerprint density at radius 2 is 1.83 bits per heavy atom. The first-order valence-corrected chi connectivity index (χ1v) is 25.2. The fraction of sp³-hybridized carbons (Fsp3) is 0.500. The SMILES string of the molecule is C=C/C=C(/C(/C=C(\N)C(F)(F)F)=NCC(C)(C)NC(=O)[C@H](C)CC(/C=C\C)=C/NC(F)F)n1nccc1C1(C)CCC1.C=C1C2=CC2C(Cc2ccc([C@H]3C[C@]3(CCC)COC)cc2)=C/C1=C/N(C)C.CC.[HH]. The van der Waals surface area contributed by atoms with Crippen molar-refractivity contribution in [2.24, 2.45) is 28.0 Å². The van der Waals surface area contributed by atoms with E-state index in [2.05, 4.69) is 104 Å². The number of hydrogen-bond acceptors (Lipinski definition) is 7. The van der Waals surface area contributed by atoms with Gasteiger partial charge in [-0.25, -0.2) is 4.68 Å². The van der Waals surface area contributed by atoms with Gasteiger partial charge in [-0.3, -0.25) is 9.79 Å². The number of amides is 1. The van der Waals surface area contributed by atoms with Crippen LogP contribution in [0.15, 0.2) is 143 Å². The number of alkyl halides is 5. The zero-order valence-electron chi connectivity index (χ0n) is 44.5. The number of allylic oxidation sites excluding steroid dienone is 14. The molecule has 1 heterocycles. The summed E-state index contributed by atoms with van der Waals surface area (Å²) in [6, 6.07) is 11.2. The largest absolute Gasteiger partial charge is 0.430 e. The van der Waals surface area contributed by atoms with E-state index in [-0.39, 0.29) is 37.1 Å². The number of aromatic nitrogens is 2. The van der Waals surface area contributed by atoms with Crippen molar-refractivity contribution in [2.45, 2.75) is 136 Å². The van der Waals surface area contributed by atoms with Crippen LogP contribution in [0.3, 0.4) is 0 Å². The van der Waals surface area contributed by atoms with Crippen molar-refractivity contribution in [1.82, 2.24) is 25.3 Å². The molecule has 0 bridgehead atoms. The molecular weight excluding hydrogens is 922 g/mol. The molecule has 2 fully saturated rings. The maximum atomic E-state index is 13.5. The van der Waals surface area contributed by atoms with Crippen LogP contribution in [-0.2, 0) is 21.4 Å². The summed E-state index contributed by atoms with van der Waals surface area (Å²) in [5.41, 5.74) is 13.0. The van der Waals surface area contributed by atoms with Gasteiger partial charge in [0.25, 0.3) is 0 Å². The fourth-order valence-corrected chi connectivity index (χ4v) is 9.55. The molecule has 0 aliphatic heterocycles. The van der Waals surface area contributed by atoms with E-state index in [1.54, 1.807) is 50.7 Å². The summed E-state index contributed by atoms with van der Waals surface area (Å²) >= 11 is 0. The van der Waals surface area contributed by atoms with Crippen LogP contribution in [0.1, 0.15) is 125 Å². The lowest BCUT2D eigenvalue weighted by Gasteiger charge is -2.38. The molecule has 1 amide bonds. The molecule has 6 rings (SSSR count). The Balaban J connectivity index is 0.000000392. The minimum Gasteiger partial charge on any atom is -0.395 e. The molecule has 1 aromatic heterocycles. The van der Waals surface area contributed by atoms with E-state index in [0.29, 0.717) is 22.8 Å². The van der Waals surface area contributed by atoms with E-state index in [1.807, 2.05) is 32.3 Å². The third-order valence-electron chi connectivity index (χ3n) is 13.5. The van der Waals surface area contributed by atoms with Crippen LogP contribution in [0.25, 0.3) is 5.70 Å². The first-order chi connectivity index (χ1) is 34.0. The van der Waals surface area contributed by atoms with Gasteiger partial charge in [0.1, 0.15) is 5.70 Å². The van der Waals surface area contributed by atoms with Gasteiger partial charge >= 0.3 is 12.7 Å². The van der Waals surface area contributed by atoms with E-state index in [0.717, 1.165) is 50.3 Å². The Bertz CT molecular complexity index is 2440. The third kappa shape index (κ3) is 15.9. The maximum Gasteiger partial charge on any atom is 0.430 e. The molecule has 0 spiro atoms. The van der Waals surface area contributed by atoms with Gasteiger partial charge in [0.15, 0.2) is 0 Å². The molecule has 4 aliphatic carbocycles. The number of nitrogens with two attached hydrogens (primary N) is 1. The number of methoxy groups -OCH3 is 1. The summed E-state index contributed by atoms with van der Waals surface area (Å²) in [4.78, 5) is 19.6.